The Morgan fingerprint density at radius 1 is 0.865 bits per heavy atom. The van der Waals surface area contributed by atoms with Gasteiger partial charge in [0.2, 0.25) is 0 Å². The number of nitrogens with zero attached hydrogens (tertiary/aromatic N) is 2. The number of hydrogen-bond acceptors (Lipinski definition) is 6. The molecular formula is C27H21F3N2O5. The summed E-state index contributed by atoms with van der Waals surface area (Å²) in [6, 6.07) is 20.0. The fourth-order valence-corrected chi connectivity index (χ4v) is 3.69. The number of carbonyl (C=O) groups excluding carboxylic acids is 2. The Hall–Kier alpha value is -4.60. The maximum atomic E-state index is 13.0. The van der Waals surface area contributed by atoms with Gasteiger partial charge in [-0.25, -0.2) is 14.3 Å². The number of methoxy groups -OCH3 is 2. The van der Waals surface area contributed by atoms with Crippen LogP contribution >= 0.6 is 0 Å². The van der Waals surface area contributed by atoms with Crippen LogP contribution in [0.15, 0.2) is 78.9 Å². The molecule has 0 saturated carbocycles. The standard InChI is InChI=1S/C27H21F3N2O5/c1-35-25(33)22-23(31-32(24(22)26(34)36-2)20-11-4-3-5-12-20)18-9-7-13-21(15-18)37-16-17-8-6-10-19(14-17)27(28,29)30/h3-15H,16H2,1-2H3. The van der Waals surface area contributed by atoms with Gasteiger partial charge < -0.3 is 14.2 Å². The topological polar surface area (TPSA) is 79.7 Å². The molecule has 0 aliphatic carbocycles. The second kappa shape index (κ2) is 10.6. The fraction of sp³-hybridized carbons (Fsp3) is 0.148. The van der Waals surface area contributed by atoms with E-state index in [-0.39, 0.29) is 23.6 Å². The maximum Gasteiger partial charge on any atom is 0.416 e. The van der Waals surface area contributed by atoms with Crippen molar-refractivity contribution >= 4 is 11.9 Å². The summed E-state index contributed by atoms with van der Waals surface area (Å²) in [5.74, 6) is -1.27. The molecule has 0 radical (unpaired) electrons. The Bertz CT molecular complexity index is 1430. The first-order chi connectivity index (χ1) is 17.7. The van der Waals surface area contributed by atoms with Crippen LogP contribution in [0.25, 0.3) is 16.9 Å². The Labute approximate surface area is 210 Å². The number of rotatable bonds is 7. The van der Waals surface area contributed by atoms with E-state index in [2.05, 4.69) is 5.10 Å². The summed E-state index contributed by atoms with van der Waals surface area (Å²) in [5.41, 5.74) is 0.404. The van der Waals surface area contributed by atoms with Crippen LogP contribution in [0.3, 0.4) is 0 Å². The highest BCUT2D eigenvalue weighted by Gasteiger charge is 2.32. The van der Waals surface area contributed by atoms with Gasteiger partial charge in [0.15, 0.2) is 5.69 Å². The molecule has 0 fully saturated rings. The zero-order valence-electron chi connectivity index (χ0n) is 19.8. The lowest BCUT2D eigenvalue weighted by Gasteiger charge is -2.11. The Balaban J connectivity index is 1.74. The van der Waals surface area contributed by atoms with E-state index >= 15 is 0 Å². The third-order valence-corrected chi connectivity index (χ3v) is 5.42. The molecule has 10 heteroatoms. The number of halogens is 3. The average Bonchev–Trinajstić information content (AvgIpc) is 3.32. The van der Waals surface area contributed by atoms with Gasteiger partial charge >= 0.3 is 18.1 Å². The maximum absolute atomic E-state index is 13.0. The van der Waals surface area contributed by atoms with Crippen molar-refractivity contribution < 1.29 is 37.0 Å². The molecule has 0 atom stereocenters. The summed E-state index contributed by atoms with van der Waals surface area (Å²) in [7, 11) is 2.37. The molecule has 0 bridgehead atoms. The smallest absolute Gasteiger partial charge is 0.416 e. The van der Waals surface area contributed by atoms with E-state index < -0.39 is 23.7 Å². The van der Waals surface area contributed by atoms with Crippen molar-refractivity contribution in [2.75, 3.05) is 14.2 Å². The Morgan fingerprint density at radius 3 is 2.24 bits per heavy atom. The molecular weight excluding hydrogens is 489 g/mol. The molecule has 3 aromatic carbocycles. The molecule has 0 saturated heterocycles. The van der Waals surface area contributed by atoms with Gasteiger partial charge in [0.05, 0.1) is 25.5 Å². The molecule has 0 aliphatic heterocycles. The van der Waals surface area contributed by atoms with Crippen LogP contribution in [-0.2, 0) is 22.3 Å². The molecule has 7 nitrogen and oxygen atoms in total. The van der Waals surface area contributed by atoms with Crippen molar-refractivity contribution in [2.45, 2.75) is 12.8 Å². The largest absolute Gasteiger partial charge is 0.489 e. The summed E-state index contributed by atoms with van der Waals surface area (Å²) in [6.45, 7) is -0.122. The predicted molar refractivity (Wildman–Crippen MR) is 127 cm³/mol. The molecule has 1 heterocycles. The van der Waals surface area contributed by atoms with Crippen LogP contribution in [0.1, 0.15) is 32.0 Å². The summed E-state index contributed by atoms with van der Waals surface area (Å²) < 4.78 is 55.9. The van der Waals surface area contributed by atoms with Crippen LogP contribution in [0.5, 0.6) is 5.75 Å². The number of ether oxygens (including phenoxy) is 3. The number of para-hydroxylation sites is 1. The van der Waals surface area contributed by atoms with E-state index in [1.54, 1.807) is 54.6 Å². The van der Waals surface area contributed by atoms with Gasteiger partial charge in [0, 0.05) is 5.56 Å². The molecule has 1 aromatic heterocycles. The van der Waals surface area contributed by atoms with Gasteiger partial charge in [-0.2, -0.15) is 18.3 Å². The highest BCUT2D eigenvalue weighted by molar-refractivity contribution is 6.06. The summed E-state index contributed by atoms with van der Waals surface area (Å²) in [6.07, 6.45) is -4.46. The van der Waals surface area contributed by atoms with E-state index in [9.17, 15) is 22.8 Å². The average molecular weight is 510 g/mol. The lowest BCUT2D eigenvalue weighted by molar-refractivity contribution is -0.137. The lowest BCUT2D eigenvalue weighted by Crippen LogP contribution is -2.15. The molecule has 0 N–H and O–H groups in total. The van der Waals surface area contributed by atoms with Crippen LogP contribution in [-0.4, -0.2) is 35.9 Å². The third-order valence-electron chi connectivity index (χ3n) is 5.42. The van der Waals surface area contributed by atoms with Crippen molar-refractivity contribution in [3.63, 3.8) is 0 Å². The molecule has 37 heavy (non-hydrogen) atoms. The van der Waals surface area contributed by atoms with Crippen molar-refractivity contribution in [2.24, 2.45) is 0 Å². The Kier molecular flexibility index (Phi) is 7.28. The van der Waals surface area contributed by atoms with E-state index in [0.29, 0.717) is 22.6 Å². The summed E-state index contributed by atoms with van der Waals surface area (Å²) >= 11 is 0. The van der Waals surface area contributed by atoms with Crippen molar-refractivity contribution in [3.8, 4) is 22.7 Å². The van der Waals surface area contributed by atoms with Crippen LogP contribution in [0, 0.1) is 0 Å². The molecule has 4 aromatic rings. The quantitative estimate of drug-likeness (QED) is 0.296. The fourth-order valence-electron chi connectivity index (χ4n) is 3.69. The molecule has 0 unspecified atom stereocenters. The number of esters is 2. The van der Waals surface area contributed by atoms with Gasteiger partial charge in [-0.1, -0.05) is 42.5 Å². The third kappa shape index (κ3) is 5.48. The highest BCUT2D eigenvalue weighted by atomic mass is 19.4. The Morgan fingerprint density at radius 2 is 1.57 bits per heavy atom. The van der Waals surface area contributed by atoms with Crippen LogP contribution in [0.2, 0.25) is 0 Å². The van der Waals surface area contributed by atoms with Gasteiger partial charge in [-0.3, -0.25) is 0 Å². The van der Waals surface area contributed by atoms with Crippen molar-refractivity contribution in [1.29, 1.82) is 0 Å². The molecule has 4 rings (SSSR count). The minimum absolute atomic E-state index is 0.103. The zero-order chi connectivity index (χ0) is 26.6. The van der Waals surface area contributed by atoms with Crippen LogP contribution in [0.4, 0.5) is 13.2 Å². The second-order valence-corrected chi connectivity index (χ2v) is 7.82. The van der Waals surface area contributed by atoms with E-state index in [0.717, 1.165) is 12.1 Å². The van der Waals surface area contributed by atoms with Crippen molar-refractivity contribution in [1.82, 2.24) is 9.78 Å². The van der Waals surface area contributed by atoms with Crippen molar-refractivity contribution in [3.05, 3.63) is 101 Å². The number of carbonyl (C=O) groups is 2. The first kappa shape index (κ1) is 25.5. The van der Waals surface area contributed by atoms with Crippen LogP contribution < -0.4 is 4.74 Å². The first-order valence-corrected chi connectivity index (χ1v) is 11.0. The highest BCUT2D eigenvalue weighted by Crippen LogP contribution is 2.32. The summed E-state index contributed by atoms with van der Waals surface area (Å²) in [5, 5.41) is 4.52. The summed E-state index contributed by atoms with van der Waals surface area (Å²) in [4.78, 5) is 25.5. The zero-order valence-corrected chi connectivity index (χ0v) is 19.8. The van der Waals surface area contributed by atoms with Gasteiger partial charge in [-0.05, 0) is 42.0 Å². The number of hydrogen-bond donors (Lipinski definition) is 0. The van der Waals surface area contributed by atoms with Gasteiger partial charge in [-0.15, -0.1) is 0 Å². The molecule has 0 amide bonds. The number of benzene rings is 3. The minimum atomic E-state index is -4.46. The SMILES string of the molecule is COC(=O)c1c(-c2cccc(OCc3cccc(C(F)(F)F)c3)c2)nn(-c2ccccc2)c1C(=O)OC. The monoisotopic (exact) mass is 510 g/mol. The van der Waals surface area contributed by atoms with E-state index in [4.69, 9.17) is 14.2 Å². The first-order valence-electron chi connectivity index (χ1n) is 11.0. The second-order valence-electron chi connectivity index (χ2n) is 7.82. The van der Waals surface area contributed by atoms with E-state index in [1.165, 1.54) is 31.0 Å². The molecule has 190 valence electrons. The van der Waals surface area contributed by atoms with E-state index in [1.807, 2.05) is 0 Å². The number of aromatic nitrogens is 2. The van der Waals surface area contributed by atoms with Gasteiger partial charge in [0.1, 0.15) is 23.6 Å². The number of alkyl halides is 3. The normalized spacial score (nSPS) is 11.2. The minimum Gasteiger partial charge on any atom is -0.489 e. The molecule has 0 aliphatic rings. The predicted octanol–water partition coefficient (Wildman–Crippen LogP) is 5.71. The lowest BCUT2D eigenvalue weighted by atomic mass is 10.1. The van der Waals surface area contributed by atoms with Gasteiger partial charge in [0.25, 0.3) is 0 Å². The molecule has 0 spiro atoms.